The van der Waals surface area contributed by atoms with Crippen LogP contribution in [0, 0.1) is 5.92 Å². The molecule has 0 N–H and O–H groups in total. The molecule has 3 atom stereocenters. The molecule has 1 aliphatic heterocycles. The lowest BCUT2D eigenvalue weighted by Crippen LogP contribution is -2.39. The number of Topliss-reactive ketones (excluding diaryl/α,β-unsaturated/α-hetero) is 1. The maximum absolute atomic E-state index is 13.8. The van der Waals surface area contributed by atoms with Crippen LogP contribution in [0.2, 0.25) is 0 Å². The summed E-state index contributed by atoms with van der Waals surface area (Å²) in [5.74, 6) is 2.53. The molecule has 3 rings (SSSR count). The first-order chi connectivity index (χ1) is 12.3. The summed E-state index contributed by atoms with van der Waals surface area (Å²) in [4.78, 5) is 11.5. The van der Waals surface area contributed by atoms with Crippen LogP contribution in [0.3, 0.4) is 0 Å². The number of nitrogens with zero attached hydrogens (tertiary/aromatic N) is 1. The minimum atomic E-state index is -3.07. The molecule has 1 saturated carbocycles. The van der Waals surface area contributed by atoms with Gasteiger partial charge in [0.2, 0.25) is 0 Å². The van der Waals surface area contributed by atoms with Crippen LogP contribution in [0.5, 0.6) is 0 Å². The summed E-state index contributed by atoms with van der Waals surface area (Å²) in [7, 11) is -3.07. The SMILES string of the molecule is C[C@@H](c1ccccc1)N1CCC(C)(C)O[P@@]1(=O)/C=C/C[C@H]1CCC(=O)C1. The van der Waals surface area contributed by atoms with Crippen molar-refractivity contribution in [2.45, 2.75) is 64.5 Å². The molecule has 1 saturated heterocycles. The van der Waals surface area contributed by atoms with Crippen molar-refractivity contribution in [3.05, 3.63) is 47.8 Å². The first kappa shape index (κ1) is 19.5. The molecule has 0 amide bonds. The highest BCUT2D eigenvalue weighted by molar-refractivity contribution is 7.59. The van der Waals surface area contributed by atoms with Crippen LogP contribution in [-0.2, 0) is 13.9 Å². The second kappa shape index (κ2) is 7.80. The van der Waals surface area contributed by atoms with E-state index in [1.165, 1.54) is 0 Å². The number of allylic oxidation sites excluding steroid dienone is 1. The highest BCUT2D eigenvalue weighted by atomic mass is 31.2. The molecule has 2 fully saturated rings. The van der Waals surface area contributed by atoms with Gasteiger partial charge in [-0.15, -0.1) is 0 Å². The fourth-order valence-corrected chi connectivity index (χ4v) is 6.43. The molecule has 0 aromatic heterocycles. The molecule has 142 valence electrons. The topological polar surface area (TPSA) is 46.6 Å². The van der Waals surface area contributed by atoms with Gasteiger partial charge in [0, 0.05) is 31.2 Å². The summed E-state index contributed by atoms with van der Waals surface area (Å²) < 4.78 is 21.9. The van der Waals surface area contributed by atoms with Crippen molar-refractivity contribution in [1.29, 1.82) is 0 Å². The van der Waals surface area contributed by atoms with Gasteiger partial charge in [0.1, 0.15) is 5.78 Å². The standard InChI is InChI=1S/C21H30NO3P/c1-17(19-9-5-4-6-10-19)22-14-13-21(2,3)25-26(22,24)15-7-8-18-11-12-20(23)16-18/h4-7,9-10,15,17-18H,8,11-14,16H2,1-3H3/b15-7+/t17-,18-,26-/m0/s1. The van der Waals surface area contributed by atoms with Gasteiger partial charge in [0.15, 0.2) is 0 Å². The van der Waals surface area contributed by atoms with E-state index < -0.39 is 13.1 Å². The zero-order valence-electron chi connectivity index (χ0n) is 16.1. The zero-order chi connectivity index (χ0) is 18.8. The van der Waals surface area contributed by atoms with Crippen molar-refractivity contribution in [1.82, 2.24) is 4.67 Å². The molecule has 0 unspecified atom stereocenters. The molecule has 2 aliphatic rings. The Bertz CT molecular complexity index is 713. The number of hydrogen-bond donors (Lipinski definition) is 0. The number of rotatable bonds is 5. The van der Waals surface area contributed by atoms with Crippen molar-refractivity contribution < 1.29 is 13.9 Å². The van der Waals surface area contributed by atoms with Crippen LogP contribution in [0.4, 0.5) is 0 Å². The Morgan fingerprint density at radius 1 is 1.35 bits per heavy atom. The molecular weight excluding hydrogens is 345 g/mol. The first-order valence-electron chi connectivity index (χ1n) is 9.61. The lowest BCUT2D eigenvalue weighted by atomic mass is 10.0. The van der Waals surface area contributed by atoms with E-state index in [2.05, 4.69) is 19.1 Å². The predicted octanol–water partition coefficient (Wildman–Crippen LogP) is 5.71. The van der Waals surface area contributed by atoms with Gasteiger partial charge in [-0.3, -0.25) is 9.36 Å². The predicted molar refractivity (Wildman–Crippen MR) is 105 cm³/mol. The molecule has 1 aliphatic carbocycles. The average Bonchev–Trinajstić information content (AvgIpc) is 2.99. The van der Waals surface area contributed by atoms with Crippen molar-refractivity contribution >= 4 is 13.3 Å². The molecule has 0 bridgehead atoms. The van der Waals surface area contributed by atoms with E-state index in [4.69, 9.17) is 4.52 Å². The molecular formula is C21H30NO3P. The van der Waals surface area contributed by atoms with E-state index >= 15 is 0 Å². The third kappa shape index (κ3) is 4.54. The summed E-state index contributed by atoms with van der Waals surface area (Å²) in [5.41, 5.74) is 0.752. The highest BCUT2D eigenvalue weighted by Crippen LogP contribution is 2.61. The Kier molecular flexibility index (Phi) is 5.86. The minimum Gasteiger partial charge on any atom is -0.308 e. The molecule has 1 aromatic rings. The Morgan fingerprint density at radius 2 is 2.08 bits per heavy atom. The largest absolute Gasteiger partial charge is 0.308 e. The zero-order valence-corrected chi connectivity index (χ0v) is 17.0. The summed E-state index contributed by atoms with van der Waals surface area (Å²) in [6, 6.07) is 10.2. The Balaban J connectivity index is 1.78. The lowest BCUT2D eigenvalue weighted by molar-refractivity contribution is -0.117. The average molecular weight is 375 g/mol. The molecule has 5 heteroatoms. The van der Waals surface area contributed by atoms with Gasteiger partial charge < -0.3 is 4.52 Å². The van der Waals surface area contributed by atoms with Crippen molar-refractivity contribution in [2.24, 2.45) is 5.92 Å². The van der Waals surface area contributed by atoms with Gasteiger partial charge >= 0.3 is 0 Å². The smallest absolute Gasteiger partial charge is 0.295 e. The number of benzene rings is 1. The summed E-state index contributed by atoms with van der Waals surface area (Å²) in [6.45, 7) is 6.85. The van der Waals surface area contributed by atoms with Crippen LogP contribution >= 0.6 is 7.52 Å². The number of carbonyl (C=O) groups is 1. The molecule has 0 spiro atoms. The number of hydrogen-bond acceptors (Lipinski definition) is 3. The van der Waals surface area contributed by atoms with Crippen LogP contribution in [-0.4, -0.2) is 22.6 Å². The minimum absolute atomic E-state index is 0.0239. The number of ketones is 1. The first-order valence-corrected chi connectivity index (χ1v) is 11.3. The van der Waals surface area contributed by atoms with Gasteiger partial charge in [-0.1, -0.05) is 36.4 Å². The summed E-state index contributed by atoms with van der Waals surface area (Å²) >= 11 is 0. The van der Waals surface area contributed by atoms with E-state index in [0.29, 0.717) is 24.5 Å². The quantitative estimate of drug-likeness (QED) is 0.618. The summed E-state index contributed by atoms with van der Waals surface area (Å²) in [6.07, 6.45) is 5.92. The van der Waals surface area contributed by atoms with Crippen molar-refractivity contribution in [3.63, 3.8) is 0 Å². The van der Waals surface area contributed by atoms with Gasteiger partial charge in [0.25, 0.3) is 7.52 Å². The van der Waals surface area contributed by atoms with E-state index in [0.717, 1.165) is 31.4 Å². The monoisotopic (exact) mass is 375 g/mol. The summed E-state index contributed by atoms with van der Waals surface area (Å²) in [5, 5.41) is 0. The fraction of sp³-hybridized carbons (Fsp3) is 0.571. The van der Waals surface area contributed by atoms with Crippen LogP contribution in [0.15, 0.2) is 42.2 Å². The van der Waals surface area contributed by atoms with E-state index in [1.54, 1.807) is 5.82 Å². The third-order valence-corrected chi connectivity index (χ3v) is 8.12. The maximum atomic E-state index is 13.8. The van der Waals surface area contributed by atoms with E-state index in [-0.39, 0.29) is 6.04 Å². The van der Waals surface area contributed by atoms with Gasteiger partial charge in [-0.25, -0.2) is 4.67 Å². The van der Waals surface area contributed by atoms with Crippen LogP contribution in [0.25, 0.3) is 0 Å². The van der Waals surface area contributed by atoms with Gasteiger partial charge in [0.05, 0.1) is 5.60 Å². The van der Waals surface area contributed by atoms with Crippen LogP contribution in [0.1, 0.15) is 64.5 Å². The second-order valence-corrected chi connectivity index (χ2v) is 10.3. The second-order valence-electron chi connectivity index (χ2n) is 8.18. The van der Waals surface area contributed by atoms with E-state index in [1.807, 2.05) is 42.8 Å². The third-order valence-electron chi connectivity index (χ3n) is 5.52. The molecule has 1 aromatic carbocycles. The molecule has 4 nitrogen and oxygen atoms in total. The molecule has 26 heavy (non-hydrogen) atoms. The Hall–Kier alpha value is -1.22. The molecule has 0 radical (unpaired) electrons. The van der Waals surface area contributed by atoms with E-state index in [9.17, 15) is 9.36 Å². The maximum Gasteiger partial charge on any atom is 0.295 e. The fourth-order valence-electron chi connectivity index (χ4n) is 3.91. The van der Waals surface area contributed by atoms with Crippen molar-refractivity contribution in [3.8, 4) is 0 Å². The number of carbonyl (C=O) groups excluding carboxylic acids is 1. The van der Waals surface area contributed by atoms with Gasteiger partial charge in [-0.05, 0) is 51.5 Å². The van der Waals surface area contributed by atoms with Crippen molar-refractivity contribution in [2.75, 3.05) is 6.54 Å². The highest BCUT2D eigenvalue weighted by Gasteiger charge is 2.43. The van der Waals surface area contributed by atoms with Crippen LogP contribution < -0.4 is 0 Å². The Labute approximate surface area is 157 Å². The Morgan fingerprint density at radius 3 is 2.73 bits per heavy atom. The normalized spacial score (nSPS) is 30.7. The van der Waals surface area contributed by atoms with Gasteiger partial charge in [-0.2, -0.15) is 0 Å². The lowest BCUT2D eigenvalue weighted by Gasteiger charge is -2.44. The molecule has 1 heterocycles.